The molecule has 1 unspecified atom stereocenters. The minimum absolute atomic E-state index is 0.0612. The SMILES string of the molecule is CCc1nc(CCOc2cc(C)ccc2C)sc1C(C)N. The van der Waals surface area contributed by atoms with Crippen molar-refractivity contribution in [3.8, 4) is 5.75 Å². The molecule has 1 aromatic heterocycles. The second-order valence-corrected chi connectivity index (χ2v) is 6.54. The first-order chi connectivity index (χ1) is 10.0. The van der Waals surface area contributed by atoms with E-state index in [1.54, 1.807) is 11.3 Å². The number of aryl methyl sites for hydroxylation is 3. The number of nitrogens with two attached hydrogens (primary N) is 1. The molecule has 0 aliphatic rings. The van der Waals surface area contributed by atoms with E-state index < -0.39 is 0 Å². The molecule has 0 aliphatic heterocycles. The van der Waals surface area contributed by atoms with Crippen LogP contribution in [0, 0.1) is 13.8 Å². The van der Waals surface area contributed by atoms with Gasteiger partial charge in [0.25, 0.3) is 0 Å². The Bertz CT molecular complexity index is 605. The fourth-order valence-corrected chi connectivity index (χ4v) is 3.33. The second kappa shape index (κ2) is 7.05. The Hall–Kier alpha value is -1.39. The number of nitrogens with zero attached hydrogens (tertiary/aromatic N) is 1. The van der Waals surface area contributed by atoms with Crippen molar-refractivity contribution in [2.45, 2.75) is 46.6 Å². The van der Waals surface area contributed by atoms with Crippen LogP contribution >= 0.6 is 11.3 Å². The summed E-state index contributed by atoms with van der Waals surface area (Å²) in [7, 11) is 0. The molecule has 1 heterocycles. The molecule has 2 rings (SSSR count). The lowest BCUT2D eigenvalue weighted by molar-refractivity contribution is 0.319. The molecule has 0 saturated carbocycles. The fraction of sp³-hybridized carbons (Fsp3) is 0.471. The zero-order valence-electron chi connectivity index (χ0n) is 13.3. The number of thiazole rings is 1. The maximum absolute atomic E-state index is 6.00. The van der Waals surface area contributed by atoms with Crippen molar-refractivity contribution in [2.75, 3.05) is 6.61 Å². The Morgan fingerprint density at radius 2 is 2.10 bits per heavy atom. The standard InChI is InChI=1S/C17H24N2OS/c1-5-14-17(13(4)18)21-16(19-14)8-9-20-15-10-11(2)6-7-12(15)3/h6-7,10,13H,5,8-9,18H2,1-4H3. The molecule has 1 atom stereocenters. The molecule has 4 heteroatoms. The molecule has 1 aromatic carbocycles. The fourth-order valence-electron chi connectivity index (χ4n) is 2.24. The van der Waals surface area contributed by atoms with Gasteiger partial charge in [0.2, 0.25) is 0 Å². The third-order valence-electron chi connectivity index (χ3n) is 3.44. The van der Waals surface area contributed by atoms with E-state index in [-0.39, 0.29) is 6.04 Å². The Labute approximate surface area is 131 Å². The summed E-state index contributed by atoms with van der Waals surface area (Å²) in [5, 5.41) is 1.12. The number of hydrogen-bond donors (Lipinski definition) is 1. The van der Waals surface area contributed by atoms with Gasteiger partial charge >= 0.3 is 0 Å². The first kappa shape index (κ1) is 16.0. The molecule has 3 nitrogen and oxygen atoms in total. The van der Waals surface area contributed by atoms with Gasteiger partial charge in [0.1, 0.15) is 5.75 Å². The molecule has 2 aromatic rings. The first-order valence-electron chi connectivity index (χ1n) is 7.45. The highest BCUT2D eigenvalue weighted by Gasteiger charge is 2.13. The smallest absolute Gasteiger partial charge is 0.122 e. The van der Waals surface area contributed by atoms with Crippen LogP contribution in [-0.2, 0) is 12.8 Å². The van der Waals surface area contributed by atoms with Gasteiger partial charge in [0.15, 0.2) is 0 Å². The number of ether oxygens (including phenoxy) is 1. The van der Waals surface area contributed by atoms with E-state index in [9.17, 15) is 0 Å². The van der Waals surface area contributed by atoms with E-state index in [0.717, 1.165) is 29.3 Å². The zero-order chi connectivity index (χ0) is 15.4. The summed E-state index contributed by atoms with van der Waals surface area (Å²) in [6, 6.07) is 6.34. The number of aromatic nitrogens is 1. The molecular weight excluding hydrogens is 280 g/mol. The van der Waals surface area contributed by atoms with E-state index >= 15 is 0 Å². The monoisotopic (exact) mass is 304 g/mol. The number of benzene rings is 1. The molecule has 2 N–H and O–H groups in total. The molecule has 0 aliphatic carbocycles. The molecule has 0 bridgehead atoms. The summed E-state index contributed by atoms with van der Waals surface area (Å²) in [6.45, 7) is 8.94. The average molecular weight is 304 g/mol. The lowest BCUT2D eigenvalue weighted by Crippen LogP contribution is -2.05. The highest BCUT2D eigenvalue weighted by Crippen LogP contribution is 2.25. The minimum Gasteiger partial charge on any atom is -0.493 e. The van der Waals surface area contributed by atoms with Crippen molar-refractivity contribution in [3.05, 3.63) is 44.9 Å². The van der Waals surface area contributed by atoms with Crippen LogP contribution in [0.3, 0.4) is 0 Å². The predicted octanol–water partition coefficient (Wildman–Crippen LogP) is 3.96. The lowest BCUT2D eigenvalue weighted by atomic mass is 10.1. The Morgan fingerprint density at radius 3 is 2.71 bits per heavy atom. The summed E-state index contributed by atoms with van der Waals surface area (Å²) in [5.41, 5.74) is 9.53. The van der Waals surface area contributed by atoms with Crippen LogP contribution in [-0.4, -0.2) is 11.6 Å². The topological polar surface area (TPSA) is 48.1 Å². The molecule has 0 fully saturated rings. The van der Waals surface area contributed by atoms with E-state index in [2.05, 4.69) is 44.0 Å². The lowest BCUT2D eigenvalue weighted by Gasteiger charge is -2.09. The minimum atomic E-state index is 0.0612. The molecule has 0 spiro atoms. The van der Waals surface area contributed by atoms with Gasteiger partial charge in [-0.3, -0.25) is 0 Å². The maximum Gasteiger partial charge on any atom is 0.122 e. The van der Waals surface area contributed by atoms with Crippen LogP contribution in [0.1, 0.15) is 46.6 Å². The van der Waals surface area contributed by atoms with E-state index in [4.69, 9.17) is 10.5 Å². The van der Waals surface area contributed by atoms with Crippen LogP contribution in [0.2, 0.25) is 0 Å². The van der Waals surface area contributed by atoms with E-state index in [0.29, 0.717) is 6.61 Å². The van der Waals surface area contributed by atoms with Crippen molar-refractivity contribution in [1.82, 2.24) is 4.98 Å². The van der Waals surface area contributed by atoms with Gasteiger partial charge < -0.3 is 10.5 Å². The van der Waals surface area contributed by atoms with Crippen LogP contribution < -0.4 is 10.5 Å². The third kappa shape index (κ3) is 4.05. The van der Waals surface area contributed by atoms with Gasteiger partial charge in [-0.05, 0) is 44.4 Å². The van der Waals surface area contributed by atoms with Crippen molar-refractivity contribution in [1.29, 1.82) is 0 Å². The highest BCUT2D eigenvalue weighted by atomic mass is 32.1. The summed E-state index contributed by atoms with van der Waals surface area (Å²) in [4.78, 5) is 5.89. The van der Waals surface area contributed by atoms with Gasteiger partial charge in [0, 0.05) is 17.3 Å². The van der Waals surface area contributed by atoms with Crippen molar-refractivity contribution >= 4 is 11.3 Å². The van der Waals surface area contributed by atoms with Gasteiger partial charge in [-0.1, -0.05) is 19.1 Å². The highest BCUT2D eigenvalue weighted by molar-refractivity contribution is 7.11. The number of rotatable bonds is 6. The van der Waals surface area contributed by atoms with Crippen molar-refractivity contribution in [3.63, 3.8) is 0 Å². The van der Waals surface area contributed by atoms with E-state index in [1.807, 2.05) is 6.92 Å². The molecule has 0 amide bonds. The van der Waals surface area contributed by atoms with Crippen LogP contribution in [0.25, 0.3) is 0 Å². The Balaban J connectivity index is 1.99. The quantitative estimate of drug-likeness (QED) is 0.878. The molecular formula is C17H24N2OS. The molecule has 0 saturated heterocycles. The zero-order valence-corrected chi connectivity index (χ0v) is 14.1. The summed E-state index contributed by atoms with van der Waals surface area (Å²) >= 11 is 1.72. The van der Waals surface area contributed by atoms with Crippen molar-refractivity contribution < 1.29 is 4.74 Å². The molecule has 0 radical (unpaired) electrons. The normalized spacial score (nSPS) is 12.4. The number of hydrogen-bond acceptors (Lipinski definition) is 4. The third-order valence-corrected chi connectivity index (χ3v) is 4.80. The maximum atomic E-state index is 6.00. The van der Waals surface area contributed by atoms with Crippen LogP contribution in [0.5, 0.6) is 5.75 Å². The Kier molecular flexibility index (Phi) is 5.37. The summed E-state index contributed by atoms with van der Waals surface area (Å²) in [5.74, 6) is 0.967. The summed E-state index contributed by atoms with van der Waals surface area (Å²) in [6.07, 6.45) is 1.77. The van der Waals surface area contributed by atoms with Gasteiger partial charge in [-0.25, -0.2) is 4.98 Å². The predicted molar refractivity (Wildman–Crippen MR) is 89.2 cm³/mol. The molecule has 114 valence electrons. The van der Waals surface area contributed by atoms with Gasteiger partial charge in [-0.2, -0.15) is 0 Å². The first-order valence-corrected chi connectivity index (χ1v) is 8.27. The summed E-state index contributed by atoms with van der Waals surface area (Å²) < 4.78 is 5.90. The Morgan fingerprint density at radius 1 is 1.33 bits per heavy atom. The van der Waals surface area contributed by atoms with Crippen LogP contribution in [0.15, 0.2) is 18.2 Å². The van der Waals surface area contributed by atoms with Gasteiger partial charge in [0.05, 0.1) is 17.3 Å². The second-order valence-electron chi connectivity index (χ2n) is 5.43. The molecule has 21 heavy (non-hydrogen) atoms. The largest absolute Gasteiger partial charge is 0.493 e. The van der Waals surface area contributed by atoms with Crippen LogP contribution in [0.4, 0.5) is 0 Å². The average Bonchev–Trinajstić information content (AvgIpc) is 2.86. The van der Waals surface area contributed by atoms with E-state index in [1.165, 1.54) is 16.0 Å². The van der Waals surface area contributed by atoms with Gasteiger partial charge in [-0.15, -0.1) is 11.3 Å². The van der Waals surface area contributed by atoms with Crippen molar-refractivity contribution in [2.24, 2.45) is 5.73 Å².